The van der Waals surface area contributed by atoms with Crippen molar-refractivity contribution in [2.45, 2.75) is 13.8 Å². The molecule has 0 spiro atoms. The Bertz CT molecular complexity index is 942. The van der Waals surface area contributed by atoms with Crippen molar-refractivity contribution in [3.05, 3.63) is 52.6 Å². The summed E-state index contributed by atoms with van der Waals surface area (Å²) < 4.78 is 16.0. The van der Waals surface area contributed by atoms with Gasteiger partial charge < -0.3 is 19.5 Å². The summed E-state index contributed by atoms with van der Waals surface area (Å²) in [4.78, 5) is 12.5. The van der Waals surface area contributed by atoms with Crippen LogP contribution in [-0.2, 0) is 4.79 Å². The molecule has 3 rings (SSSR count). The second-order valence-electron chi connectivity index (χ2n) is 5.83. The quantitative estimate of drug-likeness (QED) is 0.673. The van der Waals surface area contributed by atoms with Crippen LogP contribution in [0.5, 0.6) is 17.2 Å². The van der Waals surface area contributed by atoms with Crippen LogP contribution in [0.25, 0.3) is 6.08 Å². The van der Waals surface area contributed by atoms with Crippen LogP contribution in [0.2, 0.25) is 0 Å². The summed E-state index contributed by atoms with van der Waals surface area (Å²) in [5, 5.41) is 12.2. The van der Waals surface area contributed by atoms with Crippen LogP contribution in [0.4, 0.5) is 5.69 Å². The Morgan fingerprint density at radius 2 is 2.12 bits per heavy atom. The molecule has 0 aromatic heterocycles. The predicted molar refractivity (Wildman–Crippen MR) is 97.3 cm³/mol. The molecule has 1 aliphatic heterocycles. The molecule has 2 aromatic rings. The summed E-state index contributed by atoms with van der Waals surface area (Å²) in [5.41, 5.74) is 3.29. The Kier molecular flexibility index (Phi) is 4.81. The van der Waals surface area contributed by atoms with Crippen molar-refractivity contribution in [1.29, 1.82) is 5.26 Å². The SMILES string of the molecule is COc1cc(/C=C(\C#N)C(=O)Nc2cccc(C)c2C)cc2c1OCO2. The van der Waals surface area contributed by atoms with Crippen molar-refractivity contribution >= 4 is 17.7 Å². The maximum atomic E-state index is 12.5. The fourth-order valence-corrected chi connectivity index (χ4v) is 2.62. The maximum Gasteiger partial charge on any atom is 0.266 e. The number of ether oxygens (including phenoxy) is 3. The molecule has 0 radical (unpaired) electrons. The predicted octanol–water partition coefficient (Wildman–Crippen LogP) is 3.59. The van der Waals surface area contributed by atoms with E-state index in [1.807, 2.05) is 32.0 Å². The Morgan fingerprint density at radius 3 is 2.85 bits per heavy atom. The number of carbonyl (C=O) groups excluding carboxylic acids is 1. The van der Waals surface area contributed by atoms with E-state index in [9.17, 15) is 10.1 Å². The molecule has 0 bridgehead atoms. The molecule has 0 unspecified atom stereocenters. The standard InChI is InChI=1S/C20H18N2O4/c1-12-5-4-6-16(13(12)2)22-20(23)15(10-21)7-14-8-17(24-3)19-18(9-14)25-11-26-19/h4-9H,11H2,1-3H3,(H,22,23)/b15-7+. The number of carbonyl (C=O) groups is 1. The fourth-order valence-electron chi connectivity index (χ4n) is 2.62. The molecule has 1 N–H and O–H groups in total. The van der Waals surface area contributed by atoms with Crippen LogP contribution in [-0.4, -0.2) is 19.8 Å². The molecule has 132 valence electrons. The highest BCUT2D eigenvalue weighted by molar-refractivity contribution is 6.10. The van der Waals surface area contributed by atoms with Crippen LogP contribution >= 0.6 is 0 Å². The van der Waals surface area contributed by atoms with Gasteiger partial charge in [-0.2, -0.15) is 5.26 Å². The molecule has 1 aliphatic rings. The summed E-state index contributed by atoms with van der Waals surface area (Å²) in [6, 6.07) is 11.0. The van der Waals surface area contributed by atoms with Crippen molar-refractivity contribution in [3.8, 4) is 23.3 Å². The van der Waals surface area contributed by atoms with Crippen LogP contribution in [0.3, 0.4) is 0 Å². The Balaban J connectivity index is 1.90. The highest BCUT2D eigenvalue weighted by Gasteiger charge is 2.20. The van der Waals surface area contributed by atoms with Gasteiger partial charge in [0.2, 0.25) is 12.5 Å². The highest BCUT2D eigenvalue weighted by atomic mass is 16.7. The molecule has 26 heavy (non-hydrogen) atoms. The fraction of sp³-hybridized carbons (Fsp3) is 0.200. The number of nitriles is 1. The number of benzene rings is 2. The van der Waals surface area contributed by atoms with Gasteiger partial charge in [-0.25, -0.2) is 0 Å². The summed E-state index contributed by atoms with van der Waals surface area (Å²) >= 11 is 0. The third kappa shape index (κ3) is 3.33. The number of hydrogen-bond acceptors (Lipinski definition) is 5. The lowest BCUT2D eigenvalue weighted by molar-refractivity contribution is -0.112. The van der Waals surface area contributed by atoms with E-state index in [1.54, 1.807) is 18.2 Å². The van der Waals surface area contributed by atoms with Crippen molar-refractivity contribution in [2.75, 3.05) is 19.2 Å². The molecule has 0 aliphatic carbocycles. The number of hydrogen-bond donors (Lipinski definition) is 1. The summed E-state index contributed by atoms with van der Waals surface area (Å²) in [6.07, 6.45) is 1.49. The zero-order valence-corrected chi connectivity index (χ0v) is 14.8. The lowest BCUT2D eigenvalue weighted by atomic mass is 10.1. The molecule has 6 heteroatoms. The normalized spacial score (nSPS) is 12.5. The lowest BCUT2D eigenvalue weighted by Crippen LogP contribution is -2.14. The minimum absolute atomic E-state index is 0.0215. The average Bonchev–Trinajstić information content (AvgIpc) is 3.11. The first-order valence-electron chi connectivity index (χ1n) is 8.00. The van der Waals surface area contributed by atoms with E-state index in [-0.39, 0.29) is 12.4 Å². The lowest BCUT2D eigenvalue weighted by Gasteiger charge is -2.10. The second-order valence-corrected chi connectivity index (χ2v) is 5.83. The molecule has 0 saturated heterocycles. The van der Waals surface area contributed by atoms with Gasteiger partial charge in [0.25, 0.3) is 5.91 Å². The summed E-state index contributed by atoms with van der Waals surface area (Å²) in [7, 11) is 1.52. The smallest absolute Gasteiger partial charge is 0.266 e. The van der Waals surface area contributed by atoms with Crippen LogP contribution in [0.1, 0.15) is 16.7 Å². The van der Waals surface area contributed by atoms with Gasteiger partial charge in [-0.1, -0.05) is 12.1 Å². The van der Waals surface area contributed by atoms with E-state index in [0.29, 0.717) is 28.5 Å². The Labute approximate surface area is 151 Å². The number of anilines is 1. The maximum absolute atomic E-state index is 12.5. The molecule has 0 atom stereocenters. The van der Waals surface area contributed by atoms with Gasteiger partial charge in [-0.15, -0.1) is 0 Å². The molecule has 6 nitrogen and oxygen atoms in total. The average molecular weight is 350 g/mol. The number of aryl methyl sites for hydroxylation is 1. The number of fused-ring (bicyclic) bond motifs is 1. The van der Waals surface area contributed by atoms with E-state index >= 15 is 0 Å². The molecule has 2 aromatic carbocycles. The molecule has 0 fully saturated rings. The molecular weight excluding hydrogens is 332 g/mol. The first-order valence-corrected chi connectivity index (χ1v) is 8.00. The number of nitrogens with zero attached hydrogens (tertiary/aromatic N) is 1. The number of methoxy groups -OCH3 is 1. The zero-order chi connectivity index (χ0) is 18.7. The van der Waals surface area contributed by atoms with Gasteiger partial charge in [0, 0.05) is 5.69 Å². The summed E-state index contributed by atoms with van der Waals surface area (Å²) in [6.45, 7) is 3.99. The molecule has 1 amide bonds. The minimum atomic E-state index is -0.474. The second kappa shape index (κ2) is 7.19. The van der Waals surface area contributed by atoms with Crippen molar-refractivity contribution in [2.24, 2.45) is 0 Å². The number of rotatable bonds is 4. The van der Waals surface area contributed by atoms with E-state index in [2.05, 4.69) is 5.32 Å². The van der Waals surface area contributed by atoms with Crippen molar-refractivity contribution in [3.63, 3.8) is 0 Å². The monoisotopic (exact) mass is 350 g/mol. The largest absolute Gasteiger partial charge is 0.493 e. The Morgan fingerprint density at radius 1 is 1.31 bits per heavy atom. The third-order valence-electron chi connectivity index (χ3n) is 4.21. The third-order valence-corrected chi connectivity index (χ3v) is 4.21. The van der Waals surface area contributed by atoms with Gasteiger partial charge in [0.05, 0.1) is 7.11 Å². The van der Waals surface area contributed by atoms with E-state index in [1.165, 1.54) is 13.2 Å². The van der Waals surface area contributed by atoms with Gasteiger partial charge in [-0.3, -0.25) is 4.79 Å². The van der Waals surface area contributed by atoms with Crippen molar-refractivity contribution < 1.29 is 19.0 Å². The van der Waals surface area contributed by atoms with Crippen LogP contribution in [0, 0.1) is 25.2 Å². The highest BCUT2D eigenvalue weighted by Crippen LogP contribution is 2.42. The van der Waals surface area contributed by atoms with E-state index in [0.717, 1.165) is 11.1 Å². The van der Waals surface area contributed by atoms with E-state index < -0.39 is 5.91 Å². The van der Waals surface area contributed by atoms with E-state index in [4.69, 9.17) is 14.2 Å². The van der Waals surface area contributed by atoms with Gasteiger partial charge >= 0.3 is 0 Å². The van der Waals surface area contributed by atoms with Gasteiger partial charge in [0.15, 0.2) is 11.5 Å². The molecule has 1 heterocycles. The zero-order valence-electron chi connectivity index (χ0n) is 14.8. The summed E-state index contributed by atoms with van der Waals surface area (Å²) in [5.74, 6) is 1.04. The topological polar surface area (TPSA) is 80.6 Å². The van der Waals surface area contributed by atoms with Crippen LogP contribution in [0.15, 0.2) is 35.9 Å². The first kappa shape index (κ1) is 17.4. The molecule has 0 saturated carbocycles. The van der Waals surface area contributed by atoms with Gasteiger partial charge in [0.1, 0.15) is 11.6 Å². The number of nitrogens with one attached hydrogen (secondary N) is 1. The first-order chi connectivity index (χ1) is 12.5. The Hall–Kier alpha value is -3.46. The van der Waals surface area contributed by atoms with Crippen LogP contribution < -0.4 is 19.5 Å². The van der Waals surface area contributed by atoms with Gasteiger partial charge in [-0.05, 0) is 54.8 Å². The van der Waals surface area contributed by atoms with Crippen molar-refractivity contribution in [1.82, 2.24) is 0 Å². The minimum Gasteiger partial charge on any atom is -0.493 e. The number of amides is 1. The molecular formula is C20H18N2O4.